The molecule has 0 spiro atoms. The summed E-state index contributed by atoms with van der Waals surface area (Å²) in [5, 5.41) is 10.5. The first-order chi connectivity index (χ1) is 16.3. The highest BCUT2D eigenvalue weighted by Crippen LogP contribution is 2.47. The van der Waals surface area contributed by atoms with Crippen molar-refractivity contribution in [1.29, 1.82) is 5.26 Å². The number of rotatable bonds is 5. The van der Waals surface area contributed by atoms with Crippen LogP contribution in [0.15, 0.2) is 12.1 Å². The first kappa shape index (κ1) is 23.4. The third kappa shape index (κ3) is 3.82. The average molecular weight is 482 g/mol. The van der Waals surface area contributed by atoms with Crippen LogP contribution in [0.1, 0.15) is 35.0 Å². The number of likely N-dealkylation sites (tertiary alicyclic amines) is 1. The summed E-state index contributed by atoms with van der Waals surface area (Å²) in [6.07, 6.45) is 2.05. The third-order valence-electron chi connectivity index (χ3n) is 6.11. The van der Waals surface area contributed by atoms with Gasteiger partial charge in [0, 0.05) is 24.0 Å². The van der Waals surface area contributed by atoms with Crippen LogP contribution < -0.4 is 25.7 Å². The molecule has 1 fully saturated rings. The molecule has 1 aromatic carbocycles. The van der Waals surface area contributed by atoms with E-state index in [0.29, 0.717) is 62.5 Å². The van der Waals surface area contributed by atoms with Gasteiger partial charge in [-0.3, -0.25) is 4.79 Å². The Kier molecular flexibility index (Phi) is 6.39. The second-order valence-electron chi connectivity index (χ2n) is 8.30. The van der Waals surface area contributed by atoms with E-state index in [9.17, 15) is 10.1 Å². The Balaban J connectivity index is 1.97. The fourth-order valence-corrected chi connectivity index (χ4v) is 5.55. The van der Waals surface area contributed by atoms with Crippen molar-refractivity contribution in [2.75, 3.05) is 45.9 Å². The van der Waals surface area contributed by atoms with E-state index in [-0.39, 0.29) is 23.0 Å². The minimum absolute atomic E-state index is 0.0607. The van der Waals surface area contributed by atoms with Crippen LogP contribution in [0.3, 0.4) is 0 Å². The first-order valence-corrected chi connectivity index (χ1v) is 11.7. The number of pyridine rings is 1. The normalized spacial score (nSPS) is 15.7. The van der Waals surface area contributed by atoms with Crippen molar-refractivity contribution in [3.63, 3.8) is 0 Å². The van der Waals surface area contributed by atoms with Gasteiger partial charge in [-0.15, -0.1) is 11.3 Å². The van der Waals surface area contributed by atoms with Gasteiger partial charge in [-0.1, -0.05) is 6.92 Å². The second kappa shape index (κ2) is 9.27. The Morgan fingerprint density at radius 3 is 2.44 bits per heavy atom. The average Bonchev–Trinajstić information content (AvgIpc) is 3.17. The summed E-state index contributed by atoms with van der Waals surface area (Å²) in [6, 6.07) is 5.59. The zero-order valence-electron chi connectivity index (χ0n) is 19.6. The molecular formula is C24H27N5O4S. The van der Waals surface area contributed by atoms with E-state index in [4.69, 9.17) is 25.7 Å². The summed E-state index contributed by atoms with van der Waals surface area (Å²) in [7, 11) is 4.54. The third-order valence-corrected chi connectivity index (χ3v) is 7.20. The Bertz CT molecular complexity index is 1290. The molecule has 3 heterocycles. The predicted molar refractivity (Wildman–Crippen MR) is 133 cm³/mol. The standard InChI is InChI=1S/C24H27N5O4S/c1-12-6-5-7-29(11-12)24(30)21-19(26)18-17(14(10-25)22(27)28-23(18)34-21)13-8-15(31-2)20(33-4)16(9-13)32-3/h8-9,12H,5-7,11,26H2,1-4H3,(H2,27,28). The molecule has 178 valence electrons. The van der Waals surface area contributed by atoms with Gasteiger partial charge in [-0.25, -0.2) is 4.98 Å². The number of fused-ring (bicyclic) bond motifs is 1. The molecule has 10 heteroatoms. The number of hydrogen-bond donors (Lipinski definition) is 2. The molecule has 4 rings (SSSR count). The fourth-order valence-electron chi connectivity index (χ4n) is 4.47. The Morgan fingerprint density at radius 1 is 1.21 bits per heavy atom. The minimum atomic E-state index is -0.125. The summed E-state index contributed by atoms with van der Waals surface area (Å²) in [4.78, 5) is 20.5. The number of piperidine rings is 1. The number of nitrogens with zero attached hydrogens (tertiary/aromatic N) is 3. The molecule has 1 unspecified atom stereocenters. The maximum absolute atomic E-state index is 13.4. The van der Waals surface area contributed by atoms with Gasteiger partial charge in [0.25, 0.3) is 5.91 Å². The number of thiophene rings is 1. The van der Waals surface area contributed by atoms with E-state index >= 15 is 0 Å². The molecule has 3 aromatic rings. The lowest BCUT2D eigenvalue weighted by atomic mass is 9.96. The molecule has 0 saturated carbocycles. The number of ether oxygens (including phenoxy) is 3. The van der Waals surface area contributed by atoms with Crippen molar-refractivity contribution in [3.05, 3.63) is 22.6 Å². The van der Waals surface area contributed by atoms with Gasteiger partial charge < -0.3 is 30.6 Å². The summed E-state index contributed by atoms with van der Waals surface area (Å²) < 4.78 is 16.4. The second-order valence-corrected chi connectivity index (χ2v) is 9.30. The van der Waals surface area contributed by atoms with Crippen LogP contribution in [0.4, 0.5) is 11.5 Å². The number of nitrogen functional groups attached to an aromatic ring is 2. The highest BCUT2D eigenvalue weighted by Gasteiger charge is 2.29. The molecule has 1 saturated heterocycles. The maximum atomic E-state index is 13.4. The first-order valence-electron chi connectivity index (χ1n) is 10.9. The number of nitrogens with two attached hydrogens (primary N) is 2. The van der Waals surface area contributed by atoms with Crippen LogP contribution in [0.2, 0.25) is 0 Å². The minimum Gasteiger partial charge on any atom is -0.493 e. The number of benzene rings is 1. The van der Waals surface area contributed by atoms with Crippen LogP contribution in [-0.4, -0.2) is 50.2 Å². The summed E-state index contributed by atoms with van der Waals surface area (Å²) in [5.74, 6) is 1.61. The lowest BCUT2D eigenvalue weighted by Crippen LogP contribution is -2.39. The zero-order valence-corrected chi connectivity index (χ0v) is 20.4. The number of carbonyl (C=O) groups excluding carboxylic acids is 1. The molecule has 9 nitrogen and oxygen atoms in total. The van der Waals surface area contributed by atoms with Gasteiger partial charge in [-0.2, -0.15) is 5.26 Å². The smallest absolute Gasteiger partial charge is 0.266 e. The monoisotopic (exact) mass is 481 g/mol. The van der Waals surface area contributed by atoms with Crippen molar-refractivity contribution in [2.24, 2.45) is 5.92 Å². The molecule has 1 aliphatic rings. The lowest BCUT2D eigenvalue weighted by molar-refractivity contribution is 0.0689. The van der Waals surface area contributed by atoms with Gasteiger partial charge in [0.15, 0.2) is 11.5 Å². The van der Waals surface area contributed by atoms with Gasteiger partial charge in [0.05, 0.1) is 27.0 Å². The molecule has 1 atom stereocenters. The van der Waals surface area contributed by atoms with Crippen LogP contribution >= 0.6 is 11.3 Å². The van der Waals surface area contributed by atoms with Gasteiger partial charge in [0.1, 0.15) is 27.2 Å². The molecule has 0 radical (unpaired) electrons. The largest absolute Gasteiger partial charge is 0.493 e. The molecule has 34 heavy (non-hydrogen) atoms. The maximum Gasteiger partial charge on any atom is 0.266 e. The number of methoxy groups -OCH3 is 3. The van der Waals surface area contributed by atoms with Crippen LogP contribution in [0, 0.1) is 17.2 Å². The van der Waals surface area contributed by atoms with E-state index in [0.717, 1.165) is 12.8 Å². The zero-order chi connectivity index (χ0) is 24.6. The van der Waals surface area contributed by atoms with Crippen molar-refractivity contribution in [3.8, 4) is 34.4 Å². The SMILES string of the molecule is COc1cc(-c2c(C#N)c(N)nc3sc(C(=O)N4CCCC(C)C4)c(N)c23)cc(OC)c1OC. The predicted octanol–water partition coefficient (Wildman–Crippen LogP) is 3.90. The number of aromatic nitrogens is 1. The Labute approximate surface area is 201 Å². The van der Waals surface area contributed by atoms with Gasteiger partial charge in [0.2, 0.25) is 5.75 Å². The van der Waals surface area contributed by atoms with Crippen molar-refractivity contribution in [1.82, 2.24) is 9.88 Å². The van der Waals surface area contributed by atoms with E-state index in [2.05, 4.69) is 18.0 Å². The summed E-state index contributed by atoms with van der Waals surface area (Å²) in [5.41, 5.74) is 14.3. The molecule has 1 aliphatic heterocycles. The highest BCUT2D eigenvalue weighted by atomic mass is 32.1. The van der Waals surface area contributed by atoms with E-state index in [1.807, 2.05) is 4.90 Å². The van der Waals surface area contributed by atoms with Crippen LogP contribution in [0.25, 0.3) is 21.3 Å². The van der Waals surface area contributed by atoms with Crippen LogP contribution in [0.5, 0.6) is 17.2 Å². The fraction of sp³-hybridized carbons (Fsp3) is 0.375. The van der Waals surface area contributed by atoms with Gasteiger partial charge in [-0.05, 0) is 36.5 Å². The number of amides is 1. The number of carbonyl (C=O) groups is 1. The Hall–Kier alpha value is -3.71. The summed E-state index contributed by atoms with van der Waals surface area (Å²) in [6.45, 7) is 3.51. The number of anilines is 2. The molecule has 0 aliphatic carbocycles. The van der Waals surface area contributed by atoms with Crippen molar-refractivity contribution in [2.45, 2.75) is 19.8 Å². The molecular weight excluding hydrogens is 454 g/mol. The van der Waals surface area contributed by atoms with Gasteiger partial charge >= 0.3 is 0 Å². The molecule has 0 bridgehead atoms. The quantitative estimate of drug-likeness (QED) is 0.560. The van der Waals surface area contributed by atoms with E-state index < -0.39 is 0 Å². The van der Waals surface area contributed by atoms with Crippen LogP contribution in [-0.2, 0) is 0 Å². The molecule has 4 N–H and O–H groups in total. The van der Waals surface area contributed by atoms with E-state index in [1.54, 1.807) is 12.1 Å². The van der Waals surface area contributed by atoms with Crippen molar-refractivity contribution < 1.29 is 19.0 Å². The van der Waals surface area contributed by atoms with E-state index in [1.165, 1.54) is 32.7 Å². The lowest BCUT2D eigenvalue weighted by Gasteiger charge is -2.30. The summed E-state index contributed by atoms with van der Waals surface area (Å²) >= 11 is 1.19. The number of nitriles is 1. The number of hydrogen-bond acceptors (Lipinski definition) is 9. The van der Waals surface area contributed by atoms with Crippen molar-refractivity contribution >= 4 is 39.0 Å². The highest BCUT2D eigenvalue weighted by molar-refractivity contribution is 7.21. The molecule has 1 amide bonds. The Morgan fingerprint density at radius 2 is 1.88 bits per heavy atom. The topological polar surface area (TPSA) is 137 Å². The molecule has 2 aromatic heterocycles.